The van der Waals surface area contributed by atoms with E-state index in [9.17, 15) is 14.4 Å². The van der Waals surface area contributed by atoms with Crippen LogP contribution in [0.15, 0.2) is 0 Å². The summed E-state index contributed by atoms with van der Waals surface area (Å²) in [6, 6.07) is 0. The minimum absolute atomic E-state index is 0.0639. The second kappa shape index (κ2) is 4.47. The first-order valence-electron chi connectivity index (χ1n) is 5.06. The molecule has 0 bridgehead atoms. The number of ketones is 1. The van der Waals surface area contributed by atoms with Gasteiger partial charge in [-0.05, 0) is 20.8 Å². The molecule has 1 heterocycles. The average molecular weight is 239 g/mol. The molecule has 1 rings (SSSR count). The fraction of sp³-hybridized carbons (Fsp3) is 0.600. The van der Waals surface area contributed by atoms with Crippen LogP contribution in [0.25, 0.3) is 5.53 Å². The number of hydrogen-bond acceptors (Lipinski definition) is 4. The number of ether oxygens (including phenoxy) is 1. The van der Waals surface area contributed by atoms with Crippen LogP contribution < -0.4 is 0 Å². The lowest BCUT2D eigenvalue weighted by Gasteiger charge is -2.26. The molecule has 0 aromatic rings. The number of nitrogens with zero attached hydrogens (tertiary/aromatic N) is 3. The van der Waals surface area contributed by atoms with Gasteiger partial charge in [0.05, 0.1) is 0 Å². The van der Waals surface area contributed by atoms with Crippen molar-refractivity contribution in [2.75, 3.05) is 6.54 Å². The van der Waals surface area contributed by atoms with Crippen molar-refractivity contribution in [3.63, 3.8) is 0 Å². The number of rotatable bonds is 0. The number of likely N-dealkylation sites (tertiary alicyclic amines) is 1. The van der Waals surface area contributed by atoms with Gasteiger partial charge in [-0.1, -0.05) is 0 Å². The smallest absolute Gasteiger partial charge is 0.422 e. The van der Waals surface area contributed by atoms with Crippen LogP contribution in [0.4, 0.5) is 4.79 Å². The highest BCUT2D eigenvalue weighted by molar-refractivity contribution is 6.65. The first kappa shape index (κ1) is 13.1. The van der Waals surface area contributed by atoms with Crippen LogP contribution in [0.2, 0.25) is 0 Å². The molecule has 0 radical (unpaired) electrons. The van der Waals surface area contributed by atoms with Crippen molar-refractivity contribution in [2.45, 2.75) is 32.8 Å². The molecule has 92 valence electrons. The van der Waals surface area contributed by atoms with Crippen LogP contribution in [-0.4, -0.2) is 45.3 Å². The molecule has 1 aliphatic heterocycles. The van der Waals surface area contributed by atoms with Crippen molar-refractivity contribution in [3.8, 4) is 0 Å². The maximum Gasteiger partial charge on any atom is 0.422 e. The normalized spacial score (nSPS) is 16.9. The van der Waals surface area contributed by atoms with E-state index in [-0.39, 0.29) is 13.0 Å². The summed E-state index contributed by atoms with van der Waals surface area (Å²) in [5.74, 6) is -1.52. The van der Waals surface area contributed by atoms with Crippen molar-refractivity contribution < 1.29 is 23.9 Å². The third kappa shape index (κ3) is 2.98. The lowest BCUT2D eigenvalue weighted by Crippen LogP contribution is -2.51. The number of piperidine rings is 1. The summed E-state index contributed by atoms with van der Waals surface area (Å²) >= 11 is 0. The number of carbonyl (C=O) groups is 3. The Morgan fingerprint density at radius 2 is 2.00 bits per heavy atom. The Morgan fingerprint density at radius 1 is 1.41 bits per heavy atom. The van der Waals surface area contributed by atoms with Crippen LogP contribution in [0.5, 0.6) is 0 Å². The van der Waals surface area contributed by atoms with Crippen molar-refractivity contribution in [2.24, 2.45) is 0 Å². The summed E-state index contributed by atoms with van der Waals surface area (Å²) < 4.78 is 4.99. The van der Waals surface area contributed by atoms with E-state index in [4.69, 9.17) is 10.3 Å². The Hall–Kier alpha value is -2.01. The number of imide groups is 1. The highest BCUT2D eigenvalue weighted by atomic mass is 16.6. The van der Waals surface area contributed by atoms with Crippen molar-refractivity contribution in [1.29, 1.82) is 0 Å². The zero-order chi connectivity index (χ0) is 13.2. The molecular weight excluding hydrogens is 226 g/mol. The van der Waals surface area contributed by atoms with Gasteiger partial charge in [0.1, 0.15) is 5.60 Å². The van der Waals surface area contributed by atoms with Crippen molar-refractivity contribution in [1.82, 2.24) is 4.90 Å². The molecule has 1 saturated heterocycles. The van der Waals surface area contributed by atoms with E-state index in [2.05, 4.69) is 4.79 Å². The topological polar surface area (TPSA) is 100 Å². The number of hydrogen-bond donors (Lipinski definition) is 0. The van der Waals surface area contributed by atoms with Gasteiger partial charge in [-0.2, -0.15) is 4.79 Å². The van der Waals surface area contributed by atoms with Gasteiger partial charge < -0.3 is 10.3 Å². The first-order valence-corrected chi connectivity index (χ1v) is 5.06. The molecule has 1 aliphatic rings. The van der Waals surface area contributed by atoms with Gasteiger partial charge >= 0.3 is 17.7 Å². The molecule has 1 fully saturated rings. The van der Waals surface area contributed by atoms with E-state index in [1.807, 2.05) is 0 Å². The second-order valence-corrected chi connectivity index (χ2v) is 4.56. The Morgan fingerprint density at radius 3 is 2.47 bits per heavy atom. The third-order valence-corrected chi connectivity index (χ3v) is 1.99. The van der Waals surface area contributed by atoms with E-state index >= 15 is 0 Å². The zero-order valence-electron chi connectivity index (χ0n) is 9.89. The Kier molecular flexibility index (Phi) is 3.43. The maximum atomic E-state index is 11.6. The largest absolute Gasteiger partial charge is 0.443 e. The molecule has 7 nitrogen and oxygen atoms in total. The molecule has 0 aromatic heterocycles. The van der Waals surface area contributed by atoms with Crippen molar-refractivity contribution in [3.05, 3.63) is 5.53 Å². The minimum Gasteiger partial charge on any atom is -0.443 e. The fourth-order valence-corrected chi connectivity index (χ4v) is 1.27. The molecule has 7 heteroatoms. The van der Waals surface area contributed by atoms with Gasteiger partial charge in [-0.3, -0.25) is 9.59 Å². The van der Waals surface area contributed by atoms with Crippen LogP contribution in [-0.2, 0) is 14.3 Å². The quantitative estimate of drug-likeness (QED) is 0.451. The molecular formula is C10H13N3O4. The van der Waals surface area contributed by atoms with Crippen LogP contribution in [0, 0.1) is 0 Å². The predicted molar refractivity (Wildman–Crippen MR) is 56.2 cm³/mol. The summed E-state index contributed by atoms with van der Waals surface area (Å²) in [5, 5.41) is 0. The predicted octanol–water partition coefficient (Wildman–Crippen LogP) is 0.394. The van der Waals surface area contributed by atoms with Crippen LogP contribution in [0.1, 0.15) is 27.2 Å². The molecule has 0 atom stereocenters. The molecule has 0 N–H and O–H groups in total. The lowest BCUT2D eigenvalue weighted by molar-refractivity contribution is -0.134. The highest BCUT2D eigenvalue weighted by Gasteiger charge is 2.42. The summed E-state index contributed by atoms with van der Waals surface area (Å²) in [7, 11) is 0. The van der Waals surface area contributed by atoms with Gasteiger partial charge in [0, 0.05) is 13.0 Å². The minimum atomic E-state index is -0.932. The Bertz CT molecular complexity index is 429. The number of Topliss-reactive ketones (excluding diaryl/α,β-unsaturated/α-hetero) is 1. The van der Waals surface area contributed by atoms with Crippen molar-refractivity contribution >= 4 is 23.5 Å². The monoisotopic (exact) mass is 239 g/mol. The van der Waals surface area contributed by atoms with E-state index in [0.717, 1.165) is 4.90 Å². The number of amides is 2. The summed E-state index contributed by atoms with van der Waals surface area (Å²) in [6.45, 7) is 4.91. The molecule has 17 heavy (non-hydrogen) atoms. The van der Waals surface area contributed by atoms with Gasteiger partial charge in [0.2, 0.25) is 0 Å². The lowest BCUT2D eigenvalue weighted by atomic mass is 10.1. The Labute approximate surface area is 98.0 Å². The summed E-state index contributed by atoms with van der Waals surface area (Å²) in [6.07, 6.45) is -0.916. The van der Waals surface area contributed by atoms with Crippen LogP contribution >= 0.6 is 0 Å². The maximum absolute atomic E-state index is 11.6. The standard InChI is InChI=1S/C10H13N3O4/c1-10(2,3)17-9(16)13-5-4-6(14)7(12-11)8(13)15/h4-5H2,1-3H3. The first-order chi connectivity index (χ1) is 7.76. The van der Waals surface area contributed by atoms with E-state index in [1.54, 1.807) is 20.8 Å². The van der Waals surface area contributed by atoms with E-state index < -0.39 is 29.1 Å². The molecule has 0 unspecified atom stereocenters. The summed E-state index contributed by atoms with van der Waals surface area (Å²) in [4.78, 5) is 37.8. The summed E-state index contributed by atoms with van der Waals surface area (Å²) in [5.41, 5.74) is 7.15. The van der Waals surface area contributed by atoms with Gasteiger partial charge in [0.15, 0.2) is 0 Å². The molecule has 0 aliphatic carbocycles. The molecule has 0 aromatic carbocycles. The second-order valence-electron chi connectivity index (χ2n) is 4.56. The fourth-order valence-electron chi connectivity index (χ4n) is 1.27. The molecule has 2 amide bonds. The van der Waals surface area contributed by atoms with Gasteiger partial charge in [-0.25, -0.2) is 9.69 Å². The molecule has 0 spiro atoms. The highest BCUT2D eigenvalue weighted by Crippen LogP contribution is 2.13. The molecule has 0 saturated carbocycles. The van der Waals surface area contributed by atoms with E-state index in [0.29, 0.717) is 0 Å². The van der Waals surface area contributed by atoms with E-state index in [1.165, 1.54) is 0 Å². The average Bonchev–Trinajstić information content (AvgIpc) is 2.15. The SMILES string of the molecule is CC(C)(C)OC(=O)N1CCC(=O)C(=[N+]=[N-])C1=O. The Balaban J connectivity index is 2.87. The number of carbonyl (C=O) groups excluding carboxylic acids is 3. The third-order valence-electron chi connectivity index (χ3n) is 1.99. The van der Waals surface area contributed by atoms with Gasteiger partial charge in [-0.15, -0.1) is 0 Å². The van der Waals surface area contributed by atoms with Crippen LogP contribution in [0.3, 0.4) is 0 Å². The van der Waals surface area contributed by atoms with Gasteiger partial charge in [0.25, 0.3) is 5.78 Å². The zero-order valence-corrected chi connectivity index (χ0v) is 9.89.